The number of nitrogens with two attached hydrogens (primary N) is 1. The molecular weight excluding hydrogens is 140 g/mol. The lowest BCUT2D eigenvalue weighted by atomic mass is 10.1. The van der Waals surface area contributed by atoms with Gasteiger partial charge in [-0.25, -0.2) is 0 Å². The van der Waals surface area contributed by atoms with Gasteiger partial charge in [0.1, 0.15) is 0 Å². The van der Waals surface area contributed by atoms with Gasteiger partial charge in [-0.1, -0.05) is 0 Å². The number of rotatable bonds is 1. The van der Waals surface area contributed by atoms with Gasteiger partial charge in [0.25, 0.3) is 5.91 Å². The van der Waals surface area contributed by atoms with Crippen LogP contribution in [0.25, 0.3) is 0 Å². The molecule has 0 aromatic carbocycles. The molecule has 1 fully saturated rings. The van der Waals surface area contributed by atoms with Gasteiger partial charge in [0.05, 0.1) is 0 Å². The third kappa shape index (κ3) is 1.72. The molecule has 0 aromatic heterocycles. The second-order valence-electron chi connectivity index (χ2n) is 2.79. The molecule has 2 N–H and O–H groups in total. The van der Waals surface area contributed by atoms with Crippen LogP contribution in [0.1, 0.15) is 6.42 Å². The van der Waals surface area contributed by atoms with Crippen molar-refractivity contribution < 1.29 is 4.79 Å². The minimum atomic E-state index is -0.207. The summed E-state index contributed by atoms with van der Waals surface area (Å²) in [5.74, 6) is 2.34. The second-order valence-corrected chi connectivity index (χ2v) is 2.79. The number of carbonyl (C=O) groups excluding carboxylic acids is 1. The summed E-state index contributed by atoms with van der Waals surface area (Å²) in [5.41, 5.74) is 5.45. The lowest BCUT2D eigenvalue weighted by molar-refractivity contribution is -0.124. The van der Waals surface area contributed by atoms with E-state index in [-0.39, 0.29) is 5.91 Å². The first-order valence-corrected chi connectivity index (χ1v) is 3.73. The van der Waals surface area contributed by atoms with Gasteiger partial charge in [-0.05, 0) is 24.8 Å². The predicted octanol–water partition coefficient (Wildman–Crippen LogP) is -0.573. The van der Waals surface area contributed by atoms with Crippen LogP contribution in [0.4, 0.5) is 0 Å². The van der Waals surface area contributed by atoms with Crippen LogP contribution in [0.5, 0.6) is 0 Å². The van der Waals surface area contributed by atoms with Crippen molar-refractivity contribution in [1.82, 2.24) is 4.90 Å². The topological polar surface area (TPSA) is 46.3 Å². The molecule has 3 nitrogen and oxygen atoms in total. The smallest absolute Gasteiger partial charge is 0.298 e. The van der Waals surface area contributed by atoms with Gasteiger partial charge < -0.3 is 10.6 Å². The Morgan fingerprint density at radius 3 is 3.00 bits per heavy atom. The van der Waals surface area contributed by atoms with E-state index < -0.39 is 0 Å². The Morgan fingerprint density at radius 2 is 2.55 bits per heavy atom. The molecule has 1 saturated heterocycles. The Hall–Kier alpha value is -1.01. The number of carbonyl (C=O) groups is 1. The van der Waals surface area contributed by atoms with E-state index in [1.165, 1.54) is 0 Å². The highest BCUT2D eigenvalue weighted by Crippen LogP contribution is 2.13. The monoisotopic (exact) mass is 152 g/mol. The normalized spacial score (nSPS) is 23.3. The van der Waals surface area contributed by atoms with Crippen LogP contribution in [-0.4, -0.2) is 30.4 Å². The highest BCUT2D eigenvalue weighted by atomic mass is 16.2. The van der Waals surface area contributed by atoms with E-state index in [9.17, 15) is 4.79 Å². The number of hydrogen-bond acceptors (Lipinski definition) is 2. The molecule has 0 aliphatic carbocycles. The minimum absolute atomic E-state index is 0.207. The number of terminal acetylenes is 1. The lowest BCUT2D eigenvalue weighted by Crippen LogP contribution is -2.28. The first-order chi connectivity index (χ1) is 5.27. The van der Waals surface area contributed by atoms with Crippen LogP contribution in [0.3, 0.4) is 0 Å². The summed E-state index contributed by atoms with van der Waals surface area (Å²) < 4.78 is 0. The third-order valence-corrected chi connectivity index (χ3v) is 2.03. The molecule has 1 amide bonds. The zero-order valence-corrected chi connectivity index (χ0v) is 6.42. The molecule has 11 heavy (non-hydrogen) atoms. The van der Waals surface area contributed by atoms with Crippen LogP contribution in [0.2, 0.25) is 0 Å². The SMILES string of the molecule is C#CC(=O)N1CCC(CN)C1. The van der Waals surface area contributed by atoms with Crippen molar-refractivity contribution in [2.24, 2.45) is 11.7 Å². The van der Waals surface area contributed by atoms with Crippen molar-refractivity contribution in [2.75, 3.05) is 19.6 Å². The average Bonchev–Trinajstić information content (AvgIpc) is 2.50. The molecule has 1 rings (SSSR count). The van der Waals surface area contributed by atoms with Gasteiger partial charge in [-0.3, -0.25) is 4.79 Å². The predicted molar refractivity (Wildman–Crippen MR) is 42.6 cm³/mol. The standard InChI is InChI=1S/C8H12N2O/c1-2-8(11)10-4-3-7(5-9)6-10/h1,7H,3-6,9H2. The maximum Gasteiger partial charge on any atom is 0.298 e. The molecule has 1 aliphatic rings. The first-order valence-electron chi connectivity index (χ1n) is 3.73. The summed E-state index contributed by atoms with van der Waals surface area (Å²) in [5, 5.41) is 0. The third-order valence-electron chi connectivity index (χ3n) is 2.03. The molecule has 0 saturated carbocycles. The molecular formula is C8H12N2O. The quantitative estimate of drug-likeness (QED) is 0.511. The van der Waals surface area contributed by atoms with Crippen LogP contribution in [-0.2, 0) is 4.79 Å². The Kier molecular flexibility index (Phi) is 2.50. The molecule has 1 aliphatic heterocycles. The lowest BCUT2D eigenvalue weighted by Gasteiger charge is -2.11. The molecule has 1 unspecified atom stereocenters. The van der Waals surface area contributed by atoms with E-state index in [1.807, 2.05) is 0 Å². The maximum absolute atomic E-state index is 10.9. The van der Waals surface area contributed by atoms with Gasteiger partial charge in [0.2, 0.25) is 0 Å². The molecule has 1 atom stereocenters. The molecule has 0 spiro atoms. The Balaban J connectivity index is 2.43. The average molecular weight is 152 g/mol. The second kappa shape index (κ2) is 3.40. The van der Waals surface area contributed by atoms with E-state index in [0.717, 1.165) is 19.5 Å². The van der Waals surface area contributed by atoms with E-state index >= 15 is 0 Å². The van der Waals surface area contributed by atoms with Crippen LogP contribution < -0.4 is 5.73 Å². The van der Waals surface area contributed by atoms with E-state index in [0.29, 0.717) is 12.5 Å². The minimum Gasteiger partial charge on any atom is -0.332 e. The molecule has 0 radical (unpaired) electrons. The number of hydrogen-bond donors (Lipinski definition) is 1. The van der Waals surface area contributed by atoms with Gasteiger partial charge >= 0.3 is 0 Å². The van der Waals surface area contributed by atoms with Crippen LogP contribution in [0.15, 0.2) is 0 Å². The molecule has 60 valence electrons. The van der Waals surface area contributed by atoms with Crippen LogP contribution >= 0.6 is 0 Å². The van der Waals surface area contributed by atoms with Crippen molar-refractivity contribution in [3.8, 4) is 12.3 Å². The fraction of sp³-hybridized carbons (Fsp3) is 0.625. The summed E-state index contributed by atoms with van der Waals surface area (Å²) in [6, 6.07) is 0. The van der Waals surface area contributed by atoms with Crippen molar-refractivity contribution in [1.29, 1.82) is 0 Å². The summed E-state index contributed by atoms with van der Waals surface area (Å²) in [7, 11) is 0. The highest BCUT2D eigenvalue weighted by molar-refractivity contribution is 5.93. The number of likely N-dealkylation sites (tertiary alicyclic amines) is 1. The summed E-state index contributed by atoms with van der Waals surface area (Å²) in [6.07, 6.45) is 5.96. The zero-order chi connectivity index (χ0) is 8.27. The van der Waals surface area contributed by atoms with Crippen molar-refractivity contribution in [3.63, 3.8) is 0 Å². The Morgan fingerprint density at radius 1 is 1.82 bits per heavy atom. The van der Waals surface area contributed by atoms with Gasteiger partial charge in [-0.2, -0.15) is 0 Å². The first kappa shape index (κ1) is 8.09. The van der Waals surface area contributed by atoms with E-state index in [1.54, 1.807) is 4.90 Å². The number of nitrogens with zero attached hydrogens (tertiary/aromatic N) is 1. The fourth-order valence-corrected chi connectivity index (χ4v) is 1.30. The van der Waals surface area contributed by atoms with Crippen molar-refractivity contribution in [3.05, 3.63) is 0 Å². The van der Waals surface area contributed by atoms with Gasteiger partial charge in [0.15, 0.2) is 0 Å². The summed E-state index contributed by atoms with van der Waals surface area (Å²) in [4.78, 5) is 12.6. The summed E-state index contributed by atoms with van der Waals surface area (Å²) in [6.45, 7) is 2.15. The fourth-order valence-electron chi connectivity index (χ4n) is 1.30. The Bertz CT molecular complexity index is 195. The molecule has 0 aromatic rings. The van der Waals surface area contributed by atoms with E-state index in [4.69, 9.17) is 12.2 Å². The van der Waals surface area contributed by atoms with Gasteiger partial charge in [0, 0.05) is 13.1 Å². The van der Waals surface area contributed by atoms with Gasteiger partial charge in [-0.15, -0.1) is 6.42 Å². The van der Waals surface area contributed by atoms with E-state index in [2.05, 4.69) is 5.92 Å². The number of amides is 1. The molecule has 1 heterocycles. The molecule has 0 bridgehead atoms. The largest absolute Gasteiger partial charge is 0.332 e. The van der Waals surface area contributed by atoms with Crippen molar-refractivity contribution >= 4 is 5.91 Å². The zero-order valence-electron chi connectivity index (χ0n) is 6.42. The Labute approximate surface area is 66.5 Å². The molecule has 3 heteroatoms. The summed E-state index contributed by atoms with van der Waals surface area (Å²) >= 11 is 0. The van der Waals surface area contributed by atoms with Crippen molar-refractivity contribution in [2.45, 2.75) is 6.42 Å². The van der Waals surface area contributed by atoms with Crippen LogP contribution in [0, 0.1) is 18.3 Å². The highest BCUT2D eigenvalue weighted by Gasteiger charge is 2.23. The maximum atomic E-state index is 10.9.